The summed E-state index contributed by atoms with van der Waals surface area (Å²) >= 11 is 0. The Morgan fingerprint density at radius 3 is 2.58 bits per heavy atom. The first kappa shape index (κ1) is 18.0. The molecule has 7 nitrogen and oxygen atoms in total. The van der Waals surface area contributed by atoms with Gasteiger partial charge >= 0.3 is 0 Å². The van der Waals surface area contributed by atoms with E-state index < -0.39 is 6.10 Å². The molecule has 1 aliphatic heterocycles. The van der Waals surface area contributed by atoms with Crippen molar-refractivity contribution < 1.29 is 9.53 Å². The summed E-state index contributed by atoms with van der Waals surface area (Å²) in [4.78, 5) is 25.6. The van der Waals surface area contributed by atoms with Crippen LogP contribution in [0.1, 0.15) is 19.8 Å². The molecule has 1 aliphatic rings. The molecule has 1 aromatic heterocycles. The second kappa shape index (κ2) is 8.03. The van der Waals surface area contributed by atoms with Crippen LogP contribution in [-0.2, 0) is 4.79 Å². The fraction of sp³-hybridized carbons (Fsp3) is 0.421. The molecule has 0 spiro atoms. The molecule has 1 atom stereocenters. The number of amides is 1. The predicted molar refractivity (Wildman–Crippen MR) is 103 cm³/mol. The van der Waals surface area contributed by atoms with Gasteiger partial charge in [0.1, 0.15) is 11.4 Å². The zero-order valence-corrected chi connectivity index (χ0v) is 15.5. The highest BCUT2D eigenvalue weighted by Gasteiger charge is 2.21. The molecule has 2 aromatic rings. The molecule has 1 N–H and O–H groups in total. The lowest BCUT2D eigenvalue weighted by atomic mass is 10.3. The molecule has 0 unspecified atom stereocenters. The van der Waals surface area contributed by atoms with Crippen LogP contribution < -0.4 is 19.9 Å². The summed E-state index contributed by atoms with van der Waals surface area (Å²) in [6.45, 7) is 3.66. The fourth-order valence-electron chi connectivity index (χ4n) is 2.85. The second-order valence-electron chi connectivity index (χ2n) is 6.56. The Kier molecular flexibility index (Phi) is 5.55. The van der Waals surface area contributed by atoms with E-state index in [0.29, 0.717) is 23.2 Å². The number of para-hydroxylation sites is 1. The lowest BCUT2D eigenvalue weighted by Crippen LogP contribution is -2.31. The Bertz CT molecular complexity index is 745. The third kappa shape index (κ3) is 4.22. The van der Waals surface area contributed by atoms with E-state index in [-0.39, 0.29) is 5.91 Å². The highest BCUT2D eigenvalue weighted by molar-refractivity contribution is 5.96. The quantitative estimate of drug-likeness (QED) is 0.859. The van der Waals surface area contributed by atoms with Gasteiger partial charge in [0.05, 0.1) is 6.20 Å². The van der Waals surface area contributed by atoms with Gasteiger partial charge in [0.25, 0.3) is 5.91 Å². The molecule has 1 aromatic carbocycles. The van der Waals surface area contributed by atoms with Gasteiger partial charge in [-0.1, -0.05) is 18.2 Å². The molecule has 2 heterocycles. The van der Waals surface area contributed by atoms with Crippen LogP contribution in [0.15, 0.2) is 36.5 Å². The van der Waals surface area contributed by atoms with Gasteiger partial charge in [-0.05, 0) is 31.9 Å². The first-order valence-corrected chi connectivity index (χ1v) is 8.86. The highest BCUT2D eigenvalue weighted by Crippen LogP contribution is 2.25. The minimum Gasteiger partial charge on any atom is -0.481 e. The summed E-state index contributed by atoms with van der Waals surface area (Å²) < 4.78 is 5.68. The first-order valence-electron chi connectivity index (χ1n) is 8.86. The number of anilines is 3. The van der Waals surface area contributed by atoms with Crippen molar-refractivity contribution in [2.75, 3.05) is 42.3 Å². The SMILES string of the molecule is C[C@H](Oc1ccccc1)C(=O)Nc1cnc(N2CCCC2)nc1N(C)C. The van der Waals surface area contributed by atoms with Gasteiger partial charge < -0.3 is 19.9 Å². The van der Waals surface area contributed by atoms with Crippen LogP contribution in [-0.4, -0.2) is 49.2 Å². The van der Waals surface area contributed by atoms with E-state index in [1.165, 1.54) is 0 Å². The smallest absolute Gasteiger partial charge is 0.265 e. The van der Waals surface area contributed by atoms with Crippen molar-refractivity contribution in [3.05, 3.63) is 36.5 Å². The average molecular weight is 355 g/mol. The van der Waals surface area contributed by atoms with Crippen LogP contribution in [0, 0.1) is 0 Å². The number of nitrogens with one attached hydrogen (secondary N) is 1. The molecule has 138 valence electrons. The number of rotatable bonds is 6. The molecule has 0 aliphatic carbocycles. The Hall–Kier alpha value is -2.83. The number of carbonyl (C=O) groups excluding carboxylic acids is 1. The van der Waals surface area contributed by atoms with E-state index in [1.54, 1.807) is 13.1 Å². The van der Waals surface area contributed by atoms with E-state index in [1.807, 2.05) is 49.3 Å². The number of aromatic nitrogens is 2. The zero-order chi connectivity index (χ0) is 18.5. The van der Waals surface area contributed by atoms with Gasteiger partial charge in [-0.2, -0.15) is 4.98 Å². The van der Waals surface area contributed by atoms with E-state index in [2.05, 4.69) is 20.2 Å². The van der Waals surface area contributed by atoms with Gasteiger partial charge in [0.15, 0.2) is 11.9 Å². The number of ether oxygens (including phenoxy) is 1. The molecule has 3 rings (SSSR count). The molecule has 1 saturated heterocycles. The van der Waals surface area contributed by atoms with Crippen LogP contribution in [0.5, 0.6) is 5.75 Å². The lowest BCUT2D eigenvalue weighted by molar-refractivity contribution is -0.122. The van der Waals surface area contributed by atoms with Crippen molar-refractivity contribution in [2.24, 2.45) is 0 Å². The minimum absolute atomic E-state index is 0.241. The van der Waals surface area contributed by atoms with Crippen molar-refractivity contribution in [3.63, 3.8) is 0 Å². The number of nitrogens with zero attached hydrogens (tertiary/aromatic N) is 4. The third-order valence-electron chi connectivity index (χ3n) is 4.25. The van der Waals surface area contributed by atoms with Gasteiger partial charge in [0, 0.05) is 27.2 Å². The van der Waals surface area contributed by atoms with Gasteiger partial charge in [-0.15, -0.1) is 0 Å². The van der Waals surface area contributed by atoms with Crippen molar-refractivity contribution in [1.82, 2.24) is 9.97 Å². The molecular weight excluding hydrogens is 330 g/mol. The molecule has 1 amide bonds. The summed E-state index contributed by atoms with van der Waals surface area (Å²) in [6.07, 6.45) is 3.36. The number of benzene rings is 1. The van der Waals surface area contributed by atoms with Crippen molar-refractivity contribution >= 4 is 23.4 Å². The molecular formula is C19H25N5O2. The van der Waals surface area contributed by atoms with Crippen molar-refractivity contribution in [2.45, 2.75) is 25.9 Å². The predicted octanol–water partition coefficient (Wildman–Crippen LogP) is 2.55. The lowest BCUT2D eigenvalue weighted by Gasteiger charge is -2.22. The standard InChI is InChI=1S/C19H25N5O2/c1-14(26-15-9-5-4-6-10-15)18(25)21-16-13-20-19(22-17(16)23(2)3)24-11-7-8-12-24/h4-6,9-10,13-14H,7-8,11-12H2,1-3H3,(H,21,25)/t14-/m0/s1. The van der Waals surface area contributed by atoms with Gasteiger partial charge in [0.2, 0.25) is 5.95 Å². The van der Waals surface area contributed by atoms with E-state index >= 15 is 0 Å². The maximum atomic E-state index is 12.5. The summed E-state index contributed by atoms with van der Waals surface area (Å²) in [5.74, 6) is 1.80. The number of hydrogen-bond donors (Lipinski definition) is 1. The highest BCUT2D eigenvalue weighted by atomic mass is 16.5. The third-order valence-corrected chi connectivity index (χ3v) is 4.25. The second-order valence-corrected chi connectivity index (χ2v) is 6.56. The molecule has 26 heavy (non-hydrogen) atoms. The van der Waals surface area contributed by atoms with E-state index in [9.17, 15) is 4.79 Å². The summed E-state index contributed by atoms with van der Waals surface area (Å²) in [5.41, 5.74) is 0.575. The van der Waals surface area contributed by atoms with Crippen molar-refractivity contribution in [3.8, 4) is 5.75 Å². The van der Waals surface area contributed by atoms with Crippen LogP contribution in [0.3, 0.4) is 0 Å². The fourth-order valence-corrected chi connectivity index (χ4v) is 2.85. The first-order chi connectivity index (χ1) is 12.5. The Morgan fingerprint density at radius 1 is 1.23 bits per heavy atom. The normalized spacial score (nSPS) is 14.8. The van der Waals surface area contributed by atoms with Crippen LogP contribution >= 0.6 is 0 Å². The molecule has 1 fully saturated rings. The van der Waals surface area contributed by atoms with E-state index in [0.717, 1.165) is 25.9 Å². The summed E-state index contributed by atoms with van der Waals surface area (Å²) in [6, 6.07) is 9.29. The topological polar surface area (TPSA) is 70.6 Å². The monoisotopic (exact) mass is 355 g/mol. The zero-order valence-electron chi connectivity index (χ0n) is 15.5. The summed E-state index contributed by atoms with van der Waals surface area (Å²) in [5, 5.41) is 2.88. The average Bonchev–Trinajstić information content (AvgIpc) is 3.17. The molecule has 0 saturated carbocycles. The van der Waals surface area contributed by atoms with Crippen LogP contribution in [0.2, 0.25) is 0 Å². The maximum absolute atomic E-state index is 12.5. The number of carbonyl (C=O) groups is 1. The molecule has 0 bridgehead atoms. The van der Waals surface area contributed by atoms with Gasteiger partial charge in [-0.3, -0.25) is 4.79 Å². The molecule has 0 radical (unpaired) electrons. The number of hydrogen-bond acceptors (Lipinski definition) is 6. The Balaban J connectivity index is 1.72. The minimum atomic E-state index is -0.634. The van der Waals surface area contributed by atoms with Gasteiger partial charge in [-0.25, -0.2) is 4.98 Å². The van der Waals surface area contributed by atoms with Crippen LogP contribution in [0.4, 0.5) is 17.5 Å². The Labute approximate surface area is 154 Å². The maximum Gasteiger partial charge on any atom is 0.265 e. The molecule has 7 heteroatoms. The summed E-state index contributed by atoms with van der Waals surface area (Å²) in [7, 11) is 3.80. The van der Waals surface area contributed by atoms with Crippen LogP contribution in [0.25, 0.3) is 0 Å². The Morgan fingerprint density at radius 2 is 1.92 bits per heavy atom. The largest absolute Gasteiger partial charge is 0.481 e. The van der Waals surface area contributed by atoms with E-state index in [4.69, 9.17) is 4.74 Å². The van der Waals surface area contributed by atoms with Crippen molar-refractivity contribution in [1.29, 1.82) is 0 Å².